The molecule has 378 valence electrons. The van der Waals surface area contributed by atoms with Crippen molar-refractivity contribution in [2.45, 2.75) is 232 Å². The number of carbonyl (C=O) groups is 2. The largest absolute Gasteiger partial charge is 0.462 e. The molecule has 6 heteroatoms. The molecule has 0 aromatic rings. The van der Waals surface area contributed by atoms with Gasteiger partial charge >= 0.3 is 5.97 Å². The van der Waals surface area contributed by atoms with Gasteiger partial charge in [0.1, 0.15) is 6.10 Å². The van der Waals surface area contributed by atoms with Gasteiger partial charge in [0.15, 0.2) is 0 Å². The van der Waals surface area contributed by atoms with Gasteiger partial charge in [0.05, 0.1) is 25.2 Å². The van der Waals surface area contributed by atoms with E-state index in [2.05, 4.69) is 99.0 Å². The lowest BCUT2D eigenvalue weighted by atomic mass is 10.0. The standard InChI is InChI=1S/C61H99NO5/c1-4-7-10-13-16-19-22-25-28-30-32-34-37-40-43-46-49-52-57(67-61(66)54-51-48-45-42-39-36-33-31-29-26-23-20-17-14-11-8-5-2)55-60(65)62-58(56-63)59(64)53-50-47-44-41-38-35-27-24-21-18-15-12-9-6-3/h7-8,10-11,14,16-17,19-20,23,25-26,28-29,31-34,36,39-40,43,57-59,63-64H,4-6,9,12-13,15,18,21-22,24,27,30,35,37-38,41-42,44-56H2,1-3H3,(H,62,65)/b10-7-,11-8-,17-14+,19-16-,23-20+,28-25-,29-26-,33-31+,34-32-,39-36+,43-40-. The molecule has 0 fully saturated rings. The van der Waals surface area contributed by atoms with Crippen LogP contribution in [0.15, 0.2) is 134 Å². The first-order valence-corrected chi connectivity index (χ1v) is 27.0. The Balaban J connectivity index is 4.81. The van der Waals surface area contributed by atoms with Gasteiger partial charge in [0, 0.05) is 6.42 Å². The van der Waals surface area contributed by atoms with E-state index in [9.17, 15) is 19.8 Å². The van der Waals surface area contributed by atoms with Crippen LogP contribution in [0, 0.1) is 0 Å². The number of ether oxygens (including phenoxy) is 1. The zero-order valence-corrected chi connectivity index (χ0v) is 43.0. The van der Waals surface area contributed by atoms with Crippen molar-refractivity contribution in [1.29, 1.82) is 0 Å². The van der Waals surface area contributed by atoms with Gasteiger partial charge in [0.2, 0.25) is 5.91 Å². The molecular formula is C61H99NO5. The average Bonchev–Trinajstić information content (AvgIpc) is 3.32. The number of esters is 1. The summed E-state index contributed by atoms with van der Waals surface area (Å²) in [7, 11) is 0. The van der Waals surface area contributed by atoms with Gasteiger partial charge in [-0.3, -0.25) is 9.59 Å². The van der Waals surface area contributed by atoms with Gasteiger partial charge in [-0.2, -0.15) is 0 Å². The number of carbonyl (C=O) groups excluding carboxylic acids is 2. The zero-order valence-electron chi connectivity index (χ0n) is 43.0. The van der Waals surface area contributed by atoms with Crippen molar-refractivity contribution >= 4 is 11.9 Å². The van der Waals surface area contributed by atoms with Gasteiger partial charge in [0.25, 0.3) is 0 Å². The maximum absolute atomic E-state index is 13.2. The molecular weight excluding hydrogens is 827 g/mol. The Hall–Kier alpha value is -4.00. The number of nitrogens with one attached hydrogen (secondary N) is 1. The van der Waals surface area contributed by atoms with Crippen LogP contribution in [0.5, 0.6) is 0 Å². The molecule has 3 atom stereocenters. The summed E-state index contributed by atoms with van der Waals surface area (Å²) < 4.78 is 5.90. The fourth-order valence-electron chi connectivity index (χ4n) is 7.38. The minimum absolute atomic E-state index is 0.0109. The third-order valence-corrected chi connectivity index (χ3v) is 11.4. The van der Waals surface area contributed by atoms with Gasteiger partial charge in [-0.25, -0.2) is 0 Å². The second-order valence-electron chi connectivity index (χ2n) is 17.7. The Morgan fingerprint density at radius 1 is 0.463 bits per heavy atom. The zero-order chi connectivity index (χ0) is 48.8. The Morgan fingerprint density at radius 3 is 1.40 bits per heavy atom. The molecule has 67 heavy (non-hydrogen) atoms. The van der Waals surface area contributed by atoms with E-state index in [-0.39, 0.29) is 24.9 Å². The third kappa shape index (κ3) is 48.3. The van der Waals surface area contributed by atoms with Crippen LogP contribution in [0.4, 0.5) is 0 Å². The molecule has 0 aromatic carbocycles. The van der Waals surface area contributed by atoms with Crippen LogP contribution >= 0.6 is 0 Å². The number of aliphatic hydroxyl groups excluding tert-OH is 2. The average molecular weight is 926 g/mol. The second kappa shape index (κ2) is 53.0. The van der Waals surface area contributed by atoms with Crippen LogP contribution in [0.1, 0.15) is 213 Å². The molecule has 1 amide bonds. The SMILES string of the molecule is CC\C=C/C=C/C=C/C=C\C=C\C=C\CCCCCC(=O)OC(CCC/C=C\C/C=C\C/C=C\C/C=C\C/C=C\CC)CC(=O)NC(CO)C(O)CCCCCCCCCCCCCCCC. The summed E-state index contributed by atoms with van der Waals surface area (Å²) in [5.41, 5.74) is 0. The summed E-state index contributed by atoms with van der Waals surface area (Å²) in [6, 6.07) is -0.740. The van der Waals surface area contributed by atoms with Crippen molar-refractivity contribution in [1.82, 2.24) is 5.32 Å². The Morgan fingerprint density at radius 2 is 0.896 bits per heavy atom. The minimum atomic E-state index is -0.821. The van der Waals surface area contributed by atoms with Crippen LogP contribution in [0.3, 0.4) is 0 Å². The van der Waals surface area contributed by atoms with Crippen molar-refractivity contribution in [3.63, 3.8) is 0 Å². The first-order valence-electron chi connectivity index (χ1n) is 27.0. The fraction of sp³-hybridized carbons (Fsp3) is 0.607. The van der Waals surface area contributed by atoms with E-state index in [4.69, 9.17) is 4.74 Å². The van der Waals surface area contributed by atoms with E-state index in [1.54, 1.807) is 0 Å². The van der Waals surface area contributed by atoms with Gasteiger partial charge in [-0.15, -0.1) is 0 Å². The third-order valence-electron chi connectivity index (χ3n) is 11.4. The van der Waals surface area contributed by atoms with Crippen molar-refractivity contribution in [3.8, 4) is 0 Å². The van der Waals surface area contributed by atoms with Crippen LogP contribution < -0.4 is 5.32 Å². The lowest BCUT2D eigenvalue weighted by Crippen LogP contribution is -2.46. The minimum Gasteiger partial charge on any atom is -0.462 e. The van der Waals surface area contributed by atoms with Crippen LogP contribution in [-0.2, 0) is 14.3 Å². The number of aliphatic hydroxyl groups is 2. The van der Waals surface area contributed by atoms with Crippen LogP contribution in [0.2, 0.25) is 0 Å². The molecule has 0 rings (SSSR count). The normalized spacial score (nSPS) is 14.3. The number of amides is 1. The van der Waals surface area contributed by atoms with E-state index in [1.165, 1.54) is 70.6 Å². The maximum atomic E-state index is 13.2. The Labute approximate surface area is 412 Å². The van der Waals surface area contributed by atoms with E-state index in [0.717, 1.165) is 96.3 Å². The smallest absolute Gasteiger partial charge is 0.306 e. The lowest BCUT2D eigenvalue weighted by molar-refractivity contribution is -0.151. The quantitative estimate of drug-likeness (QED) is 0.0245. The molecule has 3 unspecified atom stereocenters. The molecule has 0 spiro atoms. The van der Waals surface area contributed by atoms with E-state index >= 15 is 0 Å². The predicted octanol–water partition coefficient (Wildman–Crippen LogP) is 16.6. The number of hydrogen-bond donors (Lipinski definition) is 3. The molecule has 0 heterocycles. The summed E-state index contributed by atoms with van der Waals surface area (Å²) in [5.74, 6) is -0.594. The summed E-state index contributed by atoms with van der Waals surface area (Å²) in [5, 5.41) is 23.8. The topological polar surface area (TPSA) is 95.9 Å². The highest BCUT2D eigenvalue weighted by Crippen LogP contribution is 2.16. The predicted molar refractivity (Wildman–Crippen MR) is 291 cm³/mol. The summed E-state index contributed by atoms with van der Waals surface area (Å²) in [4.78, 5) is 26.2. The van der Waals surface area contributed by atoms with E-state index in [1.807, 2.05) is 60.8 Å². The van der Waals surface area contributed by atoms with E-state index < -0.39 is 18.2 Å². The molecule has 0 aliphatic carbocycles. The van der Waals surface area contributed by atoms with E-state index in [0.29, 0.717) is 19.3 Å². The van der Waals surface area contributed by atoms with Gasteiger partial charge in [-0.05, 0) is 83.5 Å². The second-order valence-corrected chi connectivity index (χ2v) is 17.7. The number of hydrogen-bond acceptors (Lipinski definition) is 5. The first-order chi connectivity index (χ1) is 33.0. The first kappa shape index (κ1) is 63.0. The lowest BCUT2D eigenvalue weighted by Gasteiger charge is -2.24. The number of unbranched alkanes of at least 4 members (excludes halogenated alkanes) is 17. The molecule has 0 radical (unpaired) electrons. The Kier molecular flexibility index (Phi) is 49.8. The summed E-state index contributed by atoms with van der Waals surface area (Å²) >= 11 is 0. The molecule has 0 bridgehead atoms. The van der Waals surface area contributed by atoms with Crippen molar-refractivity contribution in [3.05, 3.63) is 134 Å². The monoisotopic (exact) mass is 926 g/mol. The van der Waals surface area contributed by atoms with Crippen LogP contribution in [-0.4, -0.2) is 46.9 Å². The number of rotatable bonds is 46. The highest BCUT2D eigenvalue weighted by Gasteiger charge is 2.24. The van der Waals surface area contributed by atoms with Gasteiger partial charge in [-0.1, -0.05) is 251 Å². The van der Waals surface area contributed by atoms with Crippen molar-refractivity contribution in [2.24, 2.45) is 0 Å². The highest BCUT2D eigenvalue weighted by molar-refractivity contribution is 5.77. The summed E-state index contributed by atoms with van der Waals surface area (Å²) in [6.45, 7) is 6.19. The van der Waals surface area contributed by atoms with Gasteiger partial charge < -0.3 is 20.3 Å². The maximum Gasteiger partial charge on any atom is 0.306 e. The molecule has 3 N–H and O–H groups in total. The molecule has 0 aliphatic heterocycles. The number of allylic oxidation sites excluding steroid dienone is 22. The molecule has 6 nitrogen and oxygen atoms in total. The van der Waals surface area contributed by atoms with Crippen molar-refractivity contribution < 1.29 is 24.5 Å². The Bertz CT molecular complexity index is 1460. The molecule has 0 aromatic heterocycles. The molecule has 0 saturated heterocycles. The molecule has 0 aliphatic rings. The molecule has 0 saturated carbocycles. The summed E-state index contributed by atoms with van der Waals surface area (Å²) in [6.07, 6.45) is 75.1. The fourth-order valence-corrected chi connectivity index (χ4v) is 7.38. The van der Waals surface area contributed by atoms with Crippen LogP contribution in [0.25, 0.3) is 0 Å². The highest BCUT2D eigenvalue weighted by atomic mass is 16.5. The van der Waals surface area contributed by atoms with Crippen molar-refractivity contribution in [2.75, 3.05) is 6.61 Å².